The summed E-state index contributed by atoms with van der Waals surface area (Å²) in [5.41, 5.74) is 6.58. The normalized spacial score (nSPS) is 17.8. The lowest BCUT2D eigenvalue weighted by Gasteiger charge is -2.34. The van der Waals surface area contributed by atoms with Crippen molar-refractivity contribution in [3.63, 3.8) is 0 Å². The summed E-state index contributed by atoms with van der Waals surface area (Å²) >= 11 is 0. The molecule has 21 heavy (non-hydrogen) atoms. The maximum atomic E-state index is 5.54. The van der Waals surface area contributed by atoms with Gasteiger partial charge in [0, 0.05) is 19.6 Å². The van der Waals surface area contributed by atoms with Crippen molar-refractivity contribution in [1.29, 1.82) is 0 Å². The van der Waals surface area contributed by atoms with Crippen LogP contribution in [0.5, 0.6) is 0 Å². The van der Waals surface area contributed by atoms with Gasteiger partial charge in [-0.3, -0.25) is 0 Å². The summed E-state index contributed by atoms with van der Waals surface area (Å²) in [6.07, 6.45) is 3.37. The predicted octanol–water partition coefficient (Wildman–Crippen LogP) is 2.06. The number of benzene rings is 1. The van der Waals surface area contributed by atoms with Crippen LogP contribution in [-0.4, -0.2) is 29.9 Å². The third-order valence-electron chi connectivity index (χ3n) is 4.16. The van der Waals surface area contributed by atoms with Gasteiger partial charge in [-0.2, -0.15) is 4.98 Å². The maximum absolute atomic E-state index is 5.54. The zero-order valence-corrected chi connectivity index (χ0v) is 12.1. The van der Waals surface area contributed by atoms with Crippen LogP contribution >= 0.6 is 0 Å². The van der Waals surface area contributed by atoms with E-state index in [1.165, 1.54) is 5.56 Å². The minimum Gasteiger partial charge on any atom is -0.381 e. The van der Waals surface area contributed by atoms with Crippen LogP contribution in [0.3, 0.4) is 0 Å². The molecule has 0 unspecified atom stereocenters. The molecular weight excluding hydrogens is 266 g/mol. The first kappa shape index (κ1) is 14.2. The molecule has 5 heteroatoms. The number of nitrogens with two attached hydrogens (primary N) is 1. The first-order valence-corrected chi connectivity index (χ1v) is 7.51. The Morgan fingerprint density at radius 3 is 2.62 bits per heavy atom. The summed E-state index contributed by atoms with van der Waals surface area (Å²) in [5, 5.41) is 4.26. The Morgan fingerprint density at radius 1 is 1.14 bits per heavy atom. The van der Waals surface area contributed by atoms with Gasteiger partial charge in [0.05, 0.1) is 5.41 Å². The average Bonchev–Trinajstić information content (AvgIpc) is 3.04. The summed E-state index contributed by atoms with van der Waals surface area (Å²) in [6, 6.07) is 10.4. The van der Waals surface area contributed by atoms with Crippen LogP contribution in [0.15, 0.2) is 34.9 Å². The van der Waals surface area contributed by atoms with Crippen molar-refractivity contribution >= 4 is 0 Å². The molecule has 5 nitrogen and oxygen atoms in total. The highest BCUT2D eigenvalue weighted by Gasteiger charge is 2.40. The van der Waals surface area contributed by atoms with E-state index in [1.807, 2.05) is 6.07 Å². The van der Waals surface area contributed by atoms with E-state index in [0.29, 0.717) is 12.4 Å². The largest absolute Gasteiger partial charge is 0.381 e. The van der Waals surface area contributed by atoms with E-state index in [4.69, 9.17) is 15.0 Å². The molecule has 0 spiro atoms. The topological polar surface area (TPSA) is 74.2 Å². The summed E-state index contributed by atoms with van der Waals surface area (Å²) in [5.74, 6) is 1.46. The fourth-order valence-corrected chi connectivity index (χ4v) is 2.92. The van der Waals surface area contributed by atoms with E-state index in [-0.39, 0.29) is 5.41 Å². The van der Waals surface area contributed by atoms with Gasteiger partial charge >= 0.3 is 0 Å². The number of ether oxygens (including phenoxy) is 1. The lowest BCUT2D eigenvalue weighted by Crippen LogP contribution is -2.36. The van der Waals surface area contributed by atoms with Gasteiger partial charge in [-0.25, -0.2) is 0 Å². The highest BCUT2D eigenvalue weighted by molar-refractivity contribution is 5.33. The highest BCUT2D eigenvalue weighted by atomic mass is 16.5. The zero-order chi connectivity index (χ0) is 14.5. The monoisotopic (exact) mass is 287 g/mol. The number of rotatable bonds is 5. The number of nitrogens with zero attached hydrogens (tertiary/aromatic N) is 2. The van der Waals surface area contributed by atoms with Crippen LogP contribution in [-0.2, 0) is 16.6 Å². The Hall–Kier alpha value is -1.72. The molecule has 1 aromatic carbocycles. The van der Waals surface area contributed by atoms with Crippen LogP contribution in [0.1, 0.15) is 36.5 Å². The van der Waals surface area contributed by atoms with E-state index in [0.717, 1.165) is 44.7 Å². The summed E-state index contributed by atoms with van der Waals surface area (Å²) in [6.45, 7) is 2.08. The van der Waals surface area contributed by atoms with Crippen LogP contribution < -0.4 is 5.73 Å². The predicted molar refractivity (Wildman–Crippen MR) is 78.9 cm³/mol. The van der Waals surface area contributed by atoms with Crippen LogP contribution in [0.2, 0.25) is 0 Å². The second-order valence-corrected chi connectivity index (χ2v) is 5.46. The molecule has 0 saturated carbocycles. The second kappa shape index (κ2) is 6.37. The van der Waals surface area contributed by atoms with E-state index in [2.05, 4.69) is 34.4 Å². The van der Waals surface area contributed by atoms with Crippen molar-refractivity contribution in [2.45, 2.75) is 31.1 Å². The second-order valence-electron chi connectivity index (χ2n) is 5.46. The van der Waals surface area contributed by atoms with Gasteiger partial charge in [-0.1, -0.05) is 35.5 Å². The fraction of sp³-hybridized carbons (Fsp3) is 0.500. The van der Waals surface area contributed by atoms with Crippen molar-refractivity contribution in [3.05, 3.63) is 47.6 Å². The van der Waals surface area contributed by atoms with Crippen molar-refractivity contribution in [2.75, 3.05) is 19.8 Å². The van der Waals surface area contributed by atoms with Gasteiger partial charge in [-0.15, -0.1) is 0 Å². The Bertz CT molecular complexity index is 562. The molecule has 2 aromatic rings. The average molecular weight is 287 g/mol. The summed E-state index contributed by atoms with van der Waals surface area (Å²) in [4.78, 5) is 4.63. The smallest absolute Gasteiger partial charge is 0.226 e. The molecule has 3 rings (SSSR count). The first-order chi connectivity index (χ1) is 10.3. The lowest BCUT2D eigenvalue weighted by atomic mass is 9.73. The minimum atomic E-state index is -0.191. The van der Waals surface area contributed by atoms with Gasteiger partial charge in [-0.05, 0) is 31.4 Å². The zero-order valence-electron chi connectivity index (χ0n) is 12.1. The SMILES string of the molecule is NCCCc1nc(C2(c3ccccc3)CCOCC2)no1. The van der Waals surface area contributed by atoms with Gasteiger partial charge in [0.15, 0.2) is 5.82 Å². The molecule has 2 N–H and O–H groups in total. The Morgan fingerprint density at radius 2 is 1.90 bits per heavy atom. The molecule has 0 radical (unpaired) electrons. The lowest BCUT2D eigenvalue weighted by molar-refractivity contribution is 0.0597. The molecule has 0 bridgehead atoms. The van der Waals surface area contributed by atoms with Crippen molar-refractivity contribution in [1.82, 2.24) is 10.1 Å². The Balaban J connectivity index is 1.94. The van der Waals surface area contributed by atoms with Crippen molar-refractivity contribution in [3.8, 4) is 0 Å². The fourth-order valence-electron chi connectivity index (χ4n) is 2.92. The Labute approximate surface area is 124 Å². The first-order valence-electron chi connectivity index (χ1n) is 7.51. The third kappa shape index (κ3) is 2.84. The summed E-state index contributed by atoms with van der Waals surface area (Å²) in [7, 11) is 0. The van der Waals surface area contributed by atoms with Gasteiger partial charge in [0.2, 0.25) is 5.89 Å². The van der Waals surface area contributed by atoms with E-state index in [9.17, 15) is 0 Å². The van der Waals surface area contributed by atoms with Gasteiger partial charge in [0.25, 0.3) is 0 Å². The summed E-state index contributed by atoms with van der Waals surface area (Å²) < 4.78 is 10.9. The molecule has 1 fully saturated rings. The molecule has 1 saturated heterocycles. The standard InChI is InChI=1S/C16H21N3O2/c17-10-4-7-14-18-15(19-21-14)16(8-11-20-12-9-16)13-5-2-1-3-6-13/h1-3,5-6H,4,7-12,17H2. The number of aromatic nitrogens is 2. The minimum absolute atomic E-state index is 0.191. The van der Waals surface area contributed by atoms with Crippen LogP contribution in [0.4, 0.5) is 0 Å². The van der Waals surface area contributed by atoms with E-state index >= 15 is 0 Å². The molecule has 112 valence electrons. The third-order valence-corrected chi connectivity index (χ3v) is 4.16. The highest BCUT2D eigenvalue weighted by Crippen LogP contribution is 2.39. The molecule has 0 atom stereocenters. The van der Waals surface area contributed by atoms with Crippen LogP contribution in [0, 0.1) is 0 Å². The van der Waals surface area contributed by atoms with Gasteiger partial charge in [0.1, 0.15) is 0 Å². The van der Waals surface area contributed by atoms with E-state index < -0.39 is 0 Å². The quantitative estimate of drug-likeness (QED) is 0.911. The molecule has 1 aromatic heterocycles. The molecule has 0 amide bonds. The molecule has 1 aliphatic rings. The molecule has 1 aliphatic heterocycles. The van der Waals surface area contributed by atoms with E-state index in [1.54, 1.807) is 0 Å². The molecule has 0 aliphatic carbocycles. The van der Waals surface area contributed by atoms with Crippen molar-refractivity contribution in [2.24, 2.45) is 5.73 Å². The molecule has 2 heterocycles. The maximum Gasteiger partial charge on any atom is 0.226 e. The molecular formula is C16H21N3O2. The number of aryl methyl sites for hydroxylation is 1. The van der Waals surface area contributed by atoms with Crippen molar-refractivity contribution < 1.29 is 9.26 Å². The Kier molecular flexibility index (Phi) is 4.31. The number of hydrogen-bond acceptors (Lipinski definition) is 5. The van der Waals surface area contributed by atoms with Crippen LogP contribution in [0.25, 0.3) is 0 Å². The number of hydrogen-bond donors (Lipinski definition) is 1. The van der Waals surface area contributed by atoms with Gasteiger partial charge < -0.3 is 15.0 Å².